The average molecular weight is 746 g/mol. The summed E-state index contributed by atoms with van der Waals surface area (Å²) >= 11 is 0. The van der Waals surface area contributed by atoms with Crippen molar-refractivity contribution in [2.75, 3.05) is 11.6 Å². The number of alkyl halides is 2. The first-order chi connectivity index (χ1) is 22.8. The number of carbonyl (C=O) groups excluding carboxylic acids is 1. The van der Waals surface area contributed by atoms with Crippen LogP contribution < -0.4 is 10.4 Å². The van der Waals surface area contributed by atoms with E-state index in [9.17, 15) is 18.3 Å². The molecule has 2 heterocycles. The summed E-state index contributed by atoms with van der Waals surface area (Å²) in [6, 6.07) is 9.28. The fourth-order valence-corrected chi connectivity index (χ4v) is 7.02. The number of phosphoric ester groups is 1. The van der Waals surface area contributed by atoms with E-state index in [0.29, 0.717) is 0 Å². The number of hydrogen-bond acceptors (Lipinski definition) is 8. The molecule has 13 nitrogen and oxygen atoms in total. The number of carbonyl (C=O) groups is 1. The largest absolute Gasteiger partial charge is 0.476 e. The lowest BCUT2D eigenvalue weighted by Crippen LogP contribution is -2.42. The van der Waals surface area contributed by atoms with Crippen molar-refractivity contribution in [2.45, 2.75) is 71.7 Å². The summed E-state index contributed by atoms with van der Waals surface area (Å²) < 4.78 is 105. The van der Waals surface area contributed by atoms with Gasteiger partial charge < -0.3 is 15.1 Å². The molecule has 0 aliphatic heterocycles. The molecule has 2 aromatic heterocycles. The molecule has 4 N–H and O–H groups in total. The van der Waals surface area contributed by atoms with Crippen molar-refractivity contribution in [1.29, 1.82) is 0 Å². The van der Waals surface area contributed by atoms with Crippen LogP contribution in [0.1, 0.15) is 69.1 Å². The van der Waals surface area contributed by atoms with Gasteiger partial charge in [-0.3, -0.25) is 23.5 Å². The minimum absolute atomic E-state index is 0.0686. The van der Waals surface area contributed by atoms with Gasteiger partial charge in [0.05, 0.1) is 23.3 Å². The molecule has 4 aromatic rings. The molecule has 50 heavy (non-hydrogen) atoms. The summed E-state index contributed by atoms with van der Waals surface area (Å²) in [5.74, 6) is -7.45. The predicted molar refractivity (Wildman–Crippen MR) is 176 cm³/mol. The summed E-state index contributed by atoms with van der Waals surface area (Å²) in [4.78, 5) is 35.5. The van der Waals surface area contributed by atoms with Crippen LogP contribution in [0.5, 0.6) is 0 Å². The summed E-state index contributed by atoms with van der Waals surface area (Å²) in [5.41, 5.74) is -2.99. The summed E-state index contributed by atoms with van der Waals surface area (Å²) in [6.07, 6.45) is -1.06. The van der Waals surface area contributed by atoms with Crippen LogP contribution in [0, 0.1) is 18.6 Å². The highest BCUT2D eigenvalue weighted by molar-refractivity contribution is 7.53. The van der Waals surface area contributed by atoms with E-state index in [1.165, 1.54) is 83.4 Å². The van der Waals surface area contributed by atoms with Crippen molar-refractivity contribution in [1.82, 2.24) is 19.9 Å². The topological polar surface area (TPSA) is 174 Å². The van der Waals surface area contributed by atoms with Crippen LogP contribution in [0.15, 0.2) is 54.7 Å². The summed E-state index contributed by atoms with van der Waals surface area (Å²) in [7, 11) is -9.49. The van der Waals surface area contributed by atoms with Crippen LogP contribution in [0.2, 0.25) is 0 Å². The van der Waals surface area contributed by atoms with Gasteiger partial charge in [0.1, 0.15) is 11.6 Å². The molecule has 272 valence electrons. The van der Waals surface area contributed by atoms with Gasteiger partial charge in [0.15, 0.2) is 11.8 Å². The van der Waals surface area contributed by atoms with Crippen LogP contribution in [0.4, 0.5) is 23.5 Å². The zero-order valence-corrected chi connectivity index (χ0v) is 29.9. The van der Waals surface area contributed by atoms with E-state index in [2.05, 4.69) is 10.1 Å². The Hall–Kier alpha value is -3.69. The van der Waals surface area contributed by atoms with Gasteiger partial charge in [0.25, 0.3) is 17.8 Å². The molecule has 0 saturated heterocycles. The Morgan fingerprint density at radius 1 is 0.960 bits per heavy atom. The monoisotopic (exact) mass is 745 g/mol. The third kappa shape index (κ3) is 10.2. The Morgan fingerprint density at radius 2 is 1.56 bits per heavy atom. The molecule has 0 aliphatic carbocycles. The molecule has 4 rings (SSSR count). The lowest BCUT2D eigenvalue weighted by Gasteiger charge is -2.35. The minimum Gasteiger partial charge on any atom is -0.346 e. The molecule has 0 radical (unpaired) electrons. The van der Waals surface area contributed by atoms with Crippen molar-refractivity contribution < 1.29 is 54.8 Å². The maximum Gasteiger partial charge on any atom is 0.476 e. The molecule has 1 unspecified atom stereocenters. The second-order valence-corrected chi connectivity index (χ2v) is 16.0. The second-order valence-electron chi connectivity index (χ2n) is 13.3. The standard InChI is InChI=1S/C31H37F4N5O8P2/c1-18-8-13-22(20-14-15-40-23(16-20)37-28(38-40)39-49(42,43)44)25(33)24(18)27(41)36-17-31(34,35)26(19-9-11-21(32)12-10-19)46-50(45,47-29(2,3)4)48-30(5,6)7/h8-16,26H,17H2,1-7H3,(H,36,41)(H3,38,39,42,43,44). The maximum absolute atomic E-state index is 16.1. The molecule has 0 bridgehead atoms. The molecule has 1 amide bonds. The first-order valence-corrected chi connectivity index (χ1v) is 18.0. The Kier molecular flexibility index (Phi) is 11.1. The molecule has 0 spiro atoms. The highest BCUT2D eigenvalue weighted by Gasteiger charge is 2.49. The molecule has 0 fully saturated rings. The lowest BCUT2D eigenvalue weighted by molar-refractivity contribution is -0.116. The smallest absolute Gasteiger partial charge is 0.346 e. The number of anilines is 1. The Labute approximate surface area is 285 Å². The Balaban J connectivity index is 1.65. The zero-order chi connectivity index (χ0) is 37.4. The Bertz CT molecular complexity index is 1950. The van der Waals surface area contributed by atoms with E-state index in [0.717, 1.165) is 24.3 Å². The van der Waals surface area contributed by atoms with Crippen LogP contribution in [0.3, 0.4) is 0 Å². The average Bonchev–Trinajstić information content (AvgIpc) is 3.33. The molecular formula is C31H37F4N5O8P2. The number of rotatable bonds is 12. The van der Waals surface area contributed by atoms with Crippen molar-refractivity contribution in [3.63, 3.8) is 0 Å². The van der Waals surface area contributed by atoms with Gasteiger partial charge in [0.2, 0.25) is 0 Å². The number of aromatic nitrogens is 3. The summed E-state index contributed by atoms with van der Waals surface area (Å²) in [5, 5.41) is 7.74. The SMILES string of the molecule is Cc1ccc(-c2ccn3nc(NP(=O)(O)O)nc3c2)c(F)c1C(=O)NCC(F)(F)C(OP(=O)(OC(C)(C)C)OC(C)(C)C)c1ccc(F)cc1. The van der Waals surface area contributed by atoms with E-state index in [1.807, 2.05) is 10.4 Å². The molecule has 2 aromatic carbocycles. The molecule has 0 saturated carbocycles. The van der Waals surface area contributed by atoms with Gasteiger partial charge in [-0.25, -0.2) is 31.2 Å². The first kappa shape index (κ1) is 39.1. The highest BCUT2D eigenvalue weighted by atomic mass is 31.2. The number of halogens is 4. The van der Waals surface area contributed by atoms with Crippen molar-refractivity contribution in [3.05, 3.63) is 83.1 Å². The molecule has 19 heteroatoms. The number of pyridine rings is 1. The van der Waals surface area contributed by atoms with Crippen LogP contribution in [-0.2, 0) is 22.7 Å². The number of fused-ring (bicyclic) bond motifs is 1. The molecule has 0 aliphatic rings. The van der Waals surface area contributed by atoms with E-state index in [4.69, 9.17) is 23.4 Å². The van der Waals surface area contributed by atoms with E-state index < -0.39 is 74.4 Å². The fourth-order valence-electron chi connectivity index (χ4n) is 4.66. The number of benzene rings is 2. The van der Waals surface area contributed by atoms with Gasteiger partial charge in [0, 0.05) is 11.8 Å². The minimum atomic E-state index is -4.78. The predicted octanol–water partition coefficient (Wildman–Crippen LogP) is 7.35. The number of nitrogens with zero attached hydrogens (tertiary/aromatic N) is 3. The normalized spacial score (nSPS) is 13.8. The van der Waals surface area contributed by atoms with Crippen LogP contribution in [-0.4, -0.2) is 54.0 Å². The van der Waals surface area contributed by atoms with Gasteiger partial charge in [-0.15, -0.1) is 5.10 Å². The van der Waals surface area contributed by atoms with E-state index in [-0.39, 0.29) is 27.9 Å². The van der Waals surface area contributed by atoms with Crippen molar-refractivity contribution in [3.8, 4) is 11.1 Å². The highest BCUT2D eigenvalue weighted by Crippen LogP contribution is 2.60. The number of nitrogens with one attached hydrogen (secondary N) is 2. The van der Waals surface area contributed by atoms with E-state index in [1.54, 1.807) is 0 Å². The fraction of sp³-hybridized carbons (Fsp3) is 0.387. The van der Waals surface area contributed by atoms with E-state index >= 15 is 13.2 Å². The summed E-state index contributed by atoms with van der Waals surface area (Å²) in [6.45, 7) is 9.02. The zero-order valence-electron chi connectivity index (χ0n) is 28.1. The van der Waals surface area contributed by atoms with Gasteiger partial charge in [-0.2, -0.15) is 4.98 Å². The van der Waals surface area contributed by atoms with Crippen molar-refractivity contribution >= 4 is 33.1 Å². The van der Waals surface area contributed by atoms with Gasteiger partial charge in [-0.1, -0.05) is 24.3 Å². The first-order valence-electron chi connectivity index (χ1n) is 15.0. The van der Waals surface area contributed by atoms with Crippen molar-refractivity contribution in [2.24, 2.45) is 0 Å². The van der Waals surface area contributed by atoms with Crippen LogP contribution in [0.25, 0.3) is 16.8 Å². The number of aryl methyl sites for hydroxylation is 1. The van der Waals surface area contributed by atoms with Crippen LogP contribution >= 0.6 is 15.6 Å². The third-order valence-electron chi connectivity index (χ3n) is 6.52. The number of amides is 1. The molecular weight excluding hydrogens is 708 g/mol. The number of hydrogen-bond donors (Lipinski definition) is 4. The third-order valence-corrected chi connectivity index (χ3v) is 9.02. The second kappa shape index (κ2) is 14.1. The lowest BCUT2D eigenvalue weighted by atomic mass is 9.98. The maximum atomic E-state index is 16.1. The quantitative estimate of drug-likeness (QED) is 0.0844. The molecule has 1 atom stereocenters. The number of phosphoric acid groups is 1. The van der Waals surface area contributed by atoms with Gasteiger partial charge in [-0.05, 0) is 89.4 Å². The Morgan fingerprint density at radius 3 is 2.12 bits per heavy atom. The van der Waals surface area contributed by atoms with Gasteiger partial charge >= 0.3 is 15.6 Å².